The summed E-state index contributed by atoms with van der Waals surface area (Å²) in [5, 5.41) is 10.6. The van der Waals surface area contributed by atoms with Crippen molar-refractivity contribution in [2.75, 3.05) is 0 Å². The molecule has 1 aromatic rings. The smallest absolute Gasteiger partial charge is 0.338 e. The van der Waals surface area contributed by atoms with Crippen molar-refractivity contribution in [2.45, 2.75) is 110 Å². The highest BCUT2D eigenvalue weighted by molar-refractivity contribution is 6.22. The highest BCUT2D eigenvalue weighted by Crippen LogP contribution is 2.59. The van der Waals surface area contributed by atoms with Crippen molar-refractivity contribution in [1.29, 1.82) is 0 Å². The third kappa shape index (κ3) is 5.19. The predicted molar refractivity (Wildman–Crippen MR) is 158 cm³/mol. The van der Waals surface area contributed by atoms with Crippen LogP contribution < -0.4 is 0 Å². The standard InChI is InChI=1S/C35H44O7/c1-8-20(2)30(41-32(38)22-12-10-9-11-13-22)21(3)23-18-25(36)24-19-26-34(6)16-14-27(33(4,5)39)40-28(34)15-17-35(26,7)42-31(24)29(23)37/h8-13,18,21,26-28,30,39H,14-17,19H2,1-7H3/b20-8+/t21-,26+,27+,28+,30+,34+,35+/m0/s1. The van der Waals surface area contributed by atoms with Gasteiger partial charge in [0.05, 0.1) is 23.4 Å². The Bertz CT molecular complexity index is 1360. The average Bonchev–Trinajstić information content (AvgIpc) is 2.95. The summed E-state index contributed by atoms with van der Waals surface area (Å²) in [6.07, 6.45) is 5.69. The topological polar surface area (TPSA) is 99.1 Å². The Balaban J connectivity index is 1.40. The molecule has 0 spiro atoms. The van der Waals surface area contributed by atoms with Crippen LogP contribution >= 0.6 is 0 Å². The molecule has 0 radical (unpaired) electrons. The molecule has 7 heteroatoms. The minimum Gasteiger partial charge on any atom is -0.483 e. The summed E-state index contributed by atoms with van der Waals surface area (Å²) in [4.78, 5) is 40.7. The van der Waals surface area contributed by atoms with Crippen LogP contribution in [0, 0.1) is 17.3 Å². The number of fused-ring (bicyclic) bond motifs is 3. The molecule has 2 aliphatic heterocycles. The van der Waals surface area contributed by atoms with Gasteiger partial charge in [-0.1, -0.05) is 38.1 Å². The van der Waals surface area contributed by atoms with E-state index in [1.807, 2.05) is 32.9 Å². The van der Waals surface area contributed by atoms with E-state index < -0.39 is 29.2 Å². The largest absolute Gasteiger partial charge is 0.483 e. The maximum Gasteiger partial charge on any atom is 0.338 e. The van der Waals surface area contributed by atoms with E-state index in [0.29, 0.717) is 29.6 Å². The van der Waals surface area contributed by atoms with Crippen LogP contribution in [-0.4, -0.2) is 52.2 Å². The zero-order chi connectivity index (χ0) is 30.6. The van der Waals surface area contributed by atoms with Crippen molar-refractivity contribution in [3.8, 4) is 0 Å². The molecule has 0 amide bonds. The Morgan fingerprint density at radius 1 is 1.14 bits per heavy atom. The molecule has 1 N–H and O–H groups in total. The highest BCUT2D eigenvalue weighted by Gasteiger charge is 2.61. The van der Waals surface area contributed by atoms with Crippen LogP contribution in [0.3, 0.4) is 0 Å². The van der Waals surface area contributed by atoms with E-state index in [0.717, 1.165) is 24.8 Å². The van der Waals surface area contributed by atoms with E-state index >= 15 is 0 Å². The van der Waals surface area contributed by atoms with E-state index in [4.69, 9.17) is 14.2 Å². The van der Waals surface area contributed by atoms with Crippen molar-refractivity contribution in [3.63, 3.8) is 0 Å². The Hall–Kier alpha value is -3.03. The van der Waals surface area contributed by atoms with Crippen molar-refractivity contribution in [3.05, 3.63) is 70.5 Å². The monoisotopic (exact) mass is 576 g/mol. The molecule has 1 saturated heterocycles. The van der Waals surface area contributed by atoms with Gasteiger partial charge < -0.3 is 19.3 Å². The Labute approximate surface area is 249 Å². The van der Waals surface area contributed by atoms with E-state index in [1.165, 1.54) is 6.08 Å². The number of hydrogen-bond donors (Lipinski definition) is 1. The lowest BCUT2D eigenvalue weighted by molar-refractivity contribution is -0.245. The second-order valence-electron chi connectivity index (χ2n) is 13.6. The fourth-order valence-corrected chi connectivity index (χ4v) is 7.63. The average molecular weight is 577 g/mol. The maximum atomic E-state index is 14.0. The number of ketones is 2. The van der Waals surface area contributed by atoms with Crippen molar-refractivity contribution < 1.29 is 33.7 Å². The lowest BCUT2D eigenvalue weighted by Crippen LogP contribution is -2.62. The number of ether oxygens (including phenoxy) is 3. The Morgan fingerprint density at radius 2 is 1.83 bits per heavy atom. The number of benzene rings is 1. The zero-order valence-corrected chi connectivity index (χ0v) is 25.9. The van der Waals surface area contributed by atoms with E-state index in [9.17, 15) is 19.5 Å². The van der Waals surface area contributed by atoms with Crippen LogP contribution in [0.15, 0.2) is 65.0 Å². The van der Waals surface area contributed by atoms with Crippen LogP contribution in [0.5, 0.6) is 0 Å². The summed E-state index contributed by atoms with van der Waals surface area (Å²) >= 11 is 0. The summed E-state index contributed by atoms with van der Waals surface area (Å²) in [6.45, 7) is 13.4. The molecule has 0 bridgehead atoms. The molecule has 0 aromatic heterocycles. The molecule has 7 nitrogen and oxygen atoms in total. The fourth-order valence-electron chi connectivity index (χ4n) is 7.63. The van der Waals surface area contributed by atoms with Gasteiger partial charge in [-0.15, -0.1) is 0 Å². The zero-order valence-electron chi connectivity index (χ0n) is 25.9. The summed E-state index contributed by atoms with van der Waals surface area (Å²) in [6, 6.07) is 8.73. The summed E-state index contributed by atoms with van der Waals surface area (Å²) in [5.41, 5.74) is 0.110. The molecule has 2 heterocycles. The number of Topliss-reactive ketones (excluding diaryl/α,β-unsaturated/α-hetero) is 1. The molecule has 0 unspecified atom stereocenters. The summed E-state index contributed by atoms with van der Waals surface area (Å²) in [7, 11) is 0. The first-order valence-corrected chi connectivity index (χ1v) is 15.2. The second-order valence-corrected chi connectivity index (χ2v) is 13.6. The van der Waals surface area contributed by atoms with Gasteiger partial charge in [-0.3, -0.25) is 9.59 Å². The fraction of sp³-hybridized carbons (Fsp3) is 0.571. The van der Waals surface area contributed by atoms with Crippen LogP contribution in [-0.2, 0) is 23.8 Å². The number of hydrogen-bond acceptors (Lipinski definition) is 7. The first-order valence-electron chi connectivity index (χ1n) is 15.2. The first kappa shape index (κ1) is 30.4. The van der Waals surface area contributed by atoms with Crippen LogP contribution in [0.1, 0.15) is 90.9 Å². The number of rotatable bonds is 6. The van der Waals surface area contributed by atoms with Gasteiger partial charge in [0, 0.05) is 28.4 Å². The highest BCUT2D eigenvalue weighted by atomic mass is 16.5. The van der Waals surface area contributed by atoms with Gasteiger partial charge in [0.15, 0.2) is 11.5 Å². The number of carbonyl (C=O) groups excluding carboxylic acids is 3. The predicted octanol–water partition coefficient (Wildman–Crippen LogP) is 6.06. The molecule has 5 rings (SSSR count). The molecule has 7 atom stereocenters. The molecular weight excluding hydrogens is 532 g/mol. The molecule has 2 fully saturated rings. The van der Waals surface area contributed by atoms with Crippen LogP contribution in [0.25, 0.3) is 0 Å². The van der Waals surface area contributed by atoms with Crippen molar-refractivity contribution >= 4 is 17.5 Å². The minimum atomic E-state index is -0.927. The maximum absolute atomic E-state index is 14.0. The Kier molecular flexibility index (Phi) is 7.90. The molecule has 1 aromatic carbocycles. The molecule has 42 heavy (non-hydrogen) atoms. The summed E-state index contributed by atoms with van der Waals surface area (Å²) in [5.74, 6) is -1.46. The number of carbonyl (C=O) groups is 3. The van der Waals surface area contributed by atoms with E-state index in [2.05, 4.69) is 13.8 Å². The molecular formula is C35H44O7. The quantitative estimate of drug-likeness (QED) is 0.250. The van der Waals surface area contributed by atoms with E-state index in [-0.39, 0.29) is 40.9 Å². The SMILES string of the molecule is C/C=C(\C)[C@@H](OC(=O)c1ccccc1)[C@@H](C)C1=CC(=O)C2=C(O[C@]3(C)CC[C@H]4O[C@@H](C(C)(C)O)CC[C@]4(C)[C@H]3C2)C1=O. The van der Waals surface area contributed by atoms with Gasteiger partial charge in [0.25, 0.3) is 0 Å². The second kappa shape index (κ2) is 10.9. The van der Waals surface area contributed by atoms with Crippen LogP contribution in [0.2, 0.25) is 0 Å². The van der Waals surface area contributed by atoms with Crippen molar-refractivity contribution in [1.82, 2.24) is 0 Å². The normalized spacial score (nSPS) is 33.0. The molecule has 226 valence electrons. The lowest BCUT2D eigenvalue weighted by atomic mass is 9.53. The number of aliphatic hydroxyl groups is 1. The van der Waals surface area contributed by atoms with Crippen molar-refractivity contribution in [2.24, 2.45) is 17.3 Å². The first-order chi connectivity index (χ1) is 19.7. The van der Waals surface area contributed by atoms with Gasteiger partial charge in [0.2, 0.25) is 5.78 Å². The number of esters is 1. The van der Waals surface area contributed by atoms with Crippen LogP contribution in [0.4, 0.5) is 0 Å². The lowest BCUT2D eigenvalue weighted by Gasteiger charge is -2.60. The summed E-state index contributed by atoms with van der Waals surface area (Å²) < 4.78 is 19.0. The molecule has 1 saturated carbocycles. The van der Waals surface area contributed by atoms with Gasteiger partial charge in [-0.05, 0) is 90.5 Å². The minimum absolute atomic E-state index is 0.0146. The van der Waals surface area contributed by atoms with Gasteiger partial charge in [0.1, 0.15) is 11.7 Å². The van der Waals surface area contributed by atoms with Gasteiger partial charge >= 0.3 is 5.97 Å². The third-order valence-electron chi connectivity index (χ3n) is 10.4. The van der Waals surface area contributed by atoms with E-state index in [1.54, 1.807) is 38.1 Å². The number of allylic oxidation sites excluding steroid dienone is 4. The molecule has 4 aliphatic rings. The molecule has 2 aliphatic carbocycles. The van der Waals surface area contributed by atoms with Gasteiger partial charge in [-0.2, -0.15) is 0 Å². The Morgan fingerprint density at radius 3 is 2.48 bits per heavy atom. The third-order valence-corrected chi connectivity index (χ3v) is 10.4. The van der Waals surface area contributed by atoms with Gasteiger partial charge in [-0.25, -0.2) is 4.79 Å².